The number of nitro groups is 1. The molecule has 0 saturated carbocycles. The summed E-state index contributed by atoms with van der Waals surface area (Å²) >= 11 is 0. The molecule has 0 atom stereocenters. The van der Waals surface area contributed by atoms with Crippen LogP contribution in [0.5, 0.6) is 0 Å². The number of aryl methyl sites for hydroxylation is 1. The normalized spacial score (nSPS) is 11.1. The molecule has 1 aromatic heterocycles. The molecule has 1 aromatic carbocycles. The minimum absolute atomic E-state index is 0.0259. The van der Waals surface area contributed by atoms with Crippen molar-refractivity contribution in [3.05, 3.63) is 69.3 Å². The van der Waals surface area contributed by atoms with Crippen molar-refractivity contribution in [3.8, 4) is 0 Å². The molecule has 23 heavy (non-hydrogen) atoms. The zero-order valence-electron chi connectivity index (χ0n) is 12.0. The Morgan fingerprint density at radius 2 is 2.04 bits per heavy atom. The molecule has 0 spiro atoms. The van der Waals surface area contributed by atoms with Crippen LogP contribution in [-0.2, 0) is 4.79 Å². The fourth-order valence-corrected chi connectivity index (χ4v) is 1.78. The predicted octanol–water partition coefficient (Wildman–Crippen LogP) is 2.35. The molecule has 118 valence electrons. The van der Waals surface area contributed by atoms with Crippen LogP contribution in [-0.4, -0.2) is 21.9 Å². The zero-order valence-corrected chi connectivity index (χ0v) is 12.0. The largest absolute Gasteiger partial charge is 0.477 e. The minimum Gasteiger partial charge on any atom is -0.477 e. The third-order valence-electron chi connectivity index (χ3n) is 2.85. The number of furan rings is 1. The molecular formula is C15H12N2O6. The van der Waals surface area contributed by atoms with Gasteiger partial charge in [-0.25, -0.2) is 4.79 Å². The number of aliphatic carboxylic acids is 1. The number of carbonyl (C=O) groups is 2. The molecule has 1 heterocycles. The monoisotopic (exact) mass is 316 g/mol. The summed E-state index contributed by atoms with van der Waals surface area (Å²) in [5, 5.41) is 22.0. The maximum absolute atomic E-state index is 12.1. The second kappa shape index (κ2) is 6.56. The number of rotatable bonds is 5. The number of nitro benzene ring substituents is 1. The highest BCUT2D eigenvalue weighted by Gasteiger charge is 2.16. The molecule has 0 aliphatic heterocycles. The van der Waals surface area contributed by atoms with E-state index in [0.29, 0.717) is 5.76 Å². The van der Waals surface area contributed by atoms with Gasteiger partial charge in [-0.1, -0.05) is 6.07 Å². The van der Waals surface area contributed by atoms with E-state index in [0.717, 1.165) is 12.1 Å². The molecule has 0 unspecified atom stereocenters. The number of non-ortho nitro benzene ring substituents is 1. The van der Waals surface area contributed by atoms with Crippen molar-refractivity contribution >= 4 is 23.6 Å². The SMILES string of the molecule is Cc1ccc(C=C(NC(=O)c2cccc([N+](=O)[O-])c2)C(=O)O)o1. The van der Waals surface area contributed by atoms with Crippen molar-refractivity contribution in [3.63, 3.8) is 0 Å². The number of carbonyl (C=O) groups excluding carboxylic acids is 1. The first-order valence-electron chi connectivity index (χ1n) is 6.44. The molecule has 2 N–H and O–H groups in total. The maximum Gasteiger partial charge on any atom is 0.352 e. The van der Waals surface area contributed by atoms with Crippen molar-refractivity contribution in [2.24, 2.45) is 0 Å². The highest BCUT2D eigenvalue weighted by atomic mass is 16.6. The molecule has 1 amide bonds. The number of nitrogens with one attached hydrogen (secondary N) is 1. The van der Waals surface area contributed by atoms with E-state index in [9.17, 15) is 19.7 Å². The third kappa shape index (κ3) is 4.03. The fraction of sp³-hybridized carbons (Fsp3) is 0.0667. The summed E-state index contributed by atoms with van der Waals surface area (Å²) in [5.74, 6) is -1.28. The average Bonchev–Trinajstić information content (AvgIpc) is 2.91. The molecule has 8 nitrogen and oxygen atoms in total. The van der Waals surface area contributed by atoms with Crippen LogP contribution < -0.4 is 5.32 Å². The highest BCUT2D eigenvalue weighted by molar-refractivity contribution is 6.02. The van der Waals surface area contributed by atoms with Gasteiger partial charge in [-0.15, -0.1) is 0 Å². The predicted molar refractivity (Wildman–Crippen MR) is 79.6 cm³/mol. The molecule has 0 bridgehead atoms. The number of benzene rings is 1. The van der Waals surface area contributed by atoms with Crippen LogP contribution in [0.15, 0.2) is 46.5 Å². The summed E-state index contributed by atoms with van der Waals surface area (Å²) in [6.45, 7) is 1.69. The van der Waals surface area contributed by atoms with Gasteiger partial charge in [0.05, 0.1) is 4.92 Å². The standard InChI is InChI=1S/C15H12N2O6/c1-9-5-6-12(23-9)8-13(15(19)20)16-14(18)10-3-2-4-11(7-10)17(21)22/h2-8H,1H3,(H,16,18)(H,19,20). The first-order valence-corrected chi connectivity index (χ1v) is 6.44. The zero-order chi connectivity index (χ0) is 17.0. The van der Waals surface area contributed by atoms with Gasteiger partial charge in [-0.2, -0.15) is 0 Å². The molecule has 0 aliphatic carbocycles. The fourth-order valence-electron chi connectivity index (χ4n) is 1.78. The van der Waals surface area contributed by atoms with Gasteiger partial charge in [-0.3, -0.25) is 14.9 Å². The number of carboxylic acids is 1. The number of nitrogens with zero attached hydrogens (tertiary/aromatic N) is 1. The van der Waals surface area contributed by atoms with Crippen LogP contribution in [0.1, 0.15) is 21.9 Å². The number of hydrogen-bond donors (Lipinski definition) is 2. The Labute approximate surface area is 130 Å². The first kappa shape index (κ1) is 16.0. The van der Waals surface area contributed by atoms with Crippen molar-refractivity contribution in [1.29, 1.82) is 0 Å². The Hall–Kier alpha value is -3.42. The molecule has 0 aliphatic rings. The Balaban J connectivity index is 2.25. The van der Waals surface area contributed by atoms with Gasteiger partial charge in [0.25, 0.3) is 11.6 Å². The molecule has 0 saturated heterocycles. The van der Waals surface area contributed by atoms with Gasteiger partial charge in [-0.05, 0) is 25.1 Å². The quantitative estimate of drug-likeness (QED) is 0.496. The van der Waals surface area contributed by atoms with Crippen LogP contribution in [0, 0.1) is 17.0 Å². The second-order valence-corrected chi connectivity index (χ2v) is 4.57. The molecular weight excluding hydrogens is 304 g/mol. The lowest BCUT2D eigenvalue weighted by molar-refractivity contribution is -0.384. The summed E-state index contributed by atoms with van der Waals surface area (Å²) < 4.78 is 5.22. The summed E-state index contributed by atoms with van der Waals surface area (Å²) in [6.07, 6.45) is 1.16. The molecule has 2 aromatic rings. The van der Waals surface area contributed by atoms with Gasteiger partial charge in [0.1, 0.15) is 17.2 Å². The first-order chi connectivity index (χ1) is 10.9. The van der Waals surface area contributed by atoms with Crippen LogP contribution in [0.4, 0.5) is 5.69 Å². The van der Waals surface area contributed by atoms with Gasteiger partial charge in [0.15, 0.2) is 0 Å². The molecule has 0 radical (unpaired) electrons. The second-order valence-electron chi connectivity index (χ2n) is 4.57. The maximum atomic E-state index is 12.1. The van der Waals surface area contributed by atoms with E-state index in [1.807, 2.05) is 0 Å². The van der Waals surface area contributed by atoms with E-state index < -0.39 is 22.5 Å². The van der Waals surface area contributed by atoms with Crippen molar-refractivity contribution in [1.82, 2.24) is 5.32 Å². The number of hydrogen-bond acceptors (Lipinski definition) is 5. The highest BCUT2D eigenvalue weighted by Crippen LogP contribution is 2.14. The van der Waals surface area contributed by atoms with E-state index in [2.05, 4.69) is 5.32 Å². The Kier molecular flexibility index (Phi) is 4.55. The van der Waals surface area contributed by atoms with E-state index in [1.54, 1.807) is 19.1 Å². The summed E-state index contributed by atoms with van der Waals surface area (Å²) in [4.78, 5) is 33.3. The van der Waals surface area contributed by atoms with Crippen molar-refractivity contribution < 1.29 is 24.0 Å². The van der Waals surface area contributed by atoms with E-state index in [-0.39, 0.29) is 17.0 Å². The van der Waals surface area contributed by atoms with Gasteiger partial charge >= 0.3 is 5.97 Å². The summed E-state index contributed by atoms with van der Waals surface area (Å²) in [7, 11) is 0. The average molecular weight is 316 g/mol. The molecule has 2 rings (SSSR count). The summed E-state index contributed by atoms with van der Waals surface area (Å²) in [5.41, 5.74) is -0.696. The van der Waals surface area contributed by atoms with Gasteiger partial charge < -0.3 is 14.8 Å². The lowest BCUT2D eigenvalue weighted by Crippen LogP contribution is -2.27. The van der Waals surface area contributed by atoms with Crippen molar-refractivity contribution in [2.45, 2.75) is 6.92 Å². The number of carboxylic acid groups (broad SMARTS) is 1. The van der Waals surface area contributed by atoms with Crippen LogP contribution in [0.2, 0.25) is 0 Å². The third-order valence-corrected chi connectivity index (χ3v) is 2.85. The Morgan fingerprint density at radius 3 is 2.61 bits per heavy atom. The van der Waals surface area contributed by atoms with Crippen LogP contribution in [0.25, 0.3) is 6.08 Å². The Morgan fingerprint density at radius 1 is 1.30 bits per heavy atom. The van der Waals surface area contributed by atoms with Gasteiger partial charge in [0.2, 0.25) is 0 Å². The lowest BCUT2D eigenvalue weighted by atomic mass is 10.2. The topological polar surface area (TPSA) is 123 Å². The van der Waals surface area contributed by atoms with Crippen LogP contribution >= 0.6 is 0 Å². The van der Waals surface area contributed by atoms with E-state index >= 15 is 0 Å². The molecule has 8 heteroatoms. The molecule has 0 fully saturated rings. The Bertz CT molecular complexity index is 806. The lowest BCUT2D eigenvalue weighted by Gasteiger charge is -2.05. The van der Waals surface area contributed by atoms with E-state index in [4.69, 9.17) is 9.52 Å². The minimum atomic E-state index is -1.36. The van der Waals surface area contributed by atoms with Crippen molar-refractivity contribution in [2.75, 3.05) is 0 Å². The smallest absolute Gasteiger partial charge is 0.352 e. The number of amides is 1. The summed E-state index contributed by atoms with van der Waals surface area (Å²) in [6, 6.07) is 8.18. The van der Waals surface area contributed by atoms with E-state index in [1.165, 1.54) is 18.2 Å². The van der Waals surface area contributed by atoms with Crippen LogP contribution in [0.3, 0.4) is 0 Å². The van der Waals surface area contributed by atoms with Gasteiger partial charge in [0, 0.05) is 23.8 Å².